The molecule has 0 spiro atoms. The lowest BCUT2D eigenvalue weighted by atomic mass is 10.1. The molecule has 0 aromatic carbocycles. The Hall–Kier alpha value is -1.33. The van der Waals surface area contributed by atoms with E-state index < -0.39 is 0 Å². The fourth-order valence-electron chi connectivity index (χ4n) is 1.22. The molecule has 0 saturated heterocycles. The number of unbranched alkanes of at least 4 members (excludes halogenated alkanes) is 1. The third-order valence-electron chi connectivity index (χ3n) is 2.14. The van der Waals surface area contributed by atoms with E-state index in [1.807, 2.05) is 18.5 Å². The molecule has 0 unspecified atom stereocenters. The van der Waals surface area contributed by atoms with Crippen LogP contribution in [0.3, 0.4) is 0 Å². The van der Waals surface area contributed by atoms with Gasteiger partial charge in [0.2, 0.25) is 0 Å². The molecule has 0 atom stereocenters. The first kappa shape index (κ1) is 10.7. The van der Waals surface area contributed by atoms with Crippen LogP contribution in [0.4, 0.5) is 0 Å². The quantitative estimate of drug-likeness (QED) is 0.564. The molecule has 0 aliphatic rings. The number of terminal acetylenes is 1. The van der Waals surface area contributed by atoms with Crippen molar-refractivity contribution >= 4 is 0 Å². The Morgan fingerprint density at radius 3 is 3.14 bits per heavy atom. The molecule has 1 rings (SSSR count). The van der Waals surface area contributed by atoms with Gasteiger partial charge in [-0.05, 0) is 37.1 Å². The molecule has 0 fully saturated rings. The van der Waals surface area contributed by atoms with E-state index in [9.17, 15) is 0 Å². The standard InChI is InChI=1S/C12H16N2/c1-3-4-5-7-13-9-12-10-14-8-6-11(12)2/h1,6,8,10,13H,4-5,7,9H2,2H3. The van der Waals surface area contributed by atoms with Crippen LogP contribution in [0.2, 0.25) is 0 Å². The van der Waals surface area contributed by atoms with Gasteiger partial charge in [-0.3, -0.25) is 4.98 Å². The van der Waals surface area contributed by atoms with Crippen LogP contribution in [0.5, 0.6) is 0 Å². The molecular weight excluding hydrogens is 172 g/mol. The Balaban J connectivity index is 2.25. The van der Waals surface area contributed by atoms with Gasteiger partial charge in [0.15, 0.2) is 0 Å². The SMILES string of the molecule is C#CCCCNCc1cnccc1C. The second-order valence-electron chi connectivity index (χ2n) is 3.29. The summed E-state index contributed by atoms with van der Waals surface area (Å²) in [6.45, 7) is 3.95. The molecule has 1 aromatic heterocycles. The second-order valence-corrected chi connectivity index (χ2v) is 3.29. The van der Waals surface area contributed by atoms with Crippen LogP contribution in [0, 0.1) is 19.3 Å². The highest BCUT2D eigenvalue weighted by atomic mass is 14.8. The van der Waals surface area contributed by atoms with Crippen LogP contribution in [-0.2, 0) is 6.54 Å². The number of aromatic nitrogens is 1. The summed E-state index contributed by atoms with van der Waals surface area (Å²) in [4.78, 5) is 4.09. The fourth-order valence-corrected chi connectivity index (χ4v) is 1.22. The first-order valence-corrected chi connectivity index (χ1v) is 4.88. The monoisotopic (exact) mass is 188 g/mol. The smallest absolute Gasteiger partial charge is 0.0315 e. The number of nitrogens with one attached hydrogen (secondary N) is 1. The first-order chi connectivity index (χ1) is 6.84. The van der Waals surface area contributed by atoms with Crippen LogP contribution in [-0.4, -0.2) is 11.5 Å². The Morgan fingerprint density at radius 2 is 2.43 bits per heavy atom. The van der Waals surface area contributed by atoms with E-state index in [2.05, 4.69) is 23.1 Å². The van der Waals surface area contributed by atoms with Crippen molar-refractivity contribution < 1.29 is 0 Å². The Bertz CT molecular complexity index is 312. The molecule has 2 nitrogen and oxygen atoms in total. The van der Waals surface area contributed by atoms with Gasteiger partial charge in [0.05, 0.1) is 0 Å². The predicted octanol–water partition coefficient (Wildman–Crippen LogP) is 1.89. The van der Waals surface area contributed by atoms with Crippen molar-refractivity contribution in [3.8, 4) is 12.3 Å². The Labute approximate surface area is 85.8 Å². The van der Waals surface area contributed by atoms with Crippen LogP contribution >= 0.6 is 0 Å². The normalized spacial score (nSPS) is 9.71. The Morgan fingerprint density at radius 1 is 1.57 bits per heavy atom. The van der Waals surface area contributed by atoms with Crippen molar-refractivity contribution in [1.82, 2.24) is 10.3 Å². The number of pyridine rings is 1. The fraction of sp³-hybridized carbons (Fsp3) is 0.417. The second kappa shape index (κ2) is 6.17. The molecule has 0 bridgehead atoms. The van der Waals surface area contributed by atoms with E-state index >= 15 is 0 Å². The van der Waals surface area contributed by atoms with E-state index in [0.29, 0.717) is 0 Å². The van der Waals surface area contributed by atoms with Crippen molar-refractivity contribution in [1.29, 1.82) is 0 Å². The maximum Gasteiger partial charge on any atom is 0.0315 e. The minimum Gasteiger partial charge on any atom is -0.313 e. The van der Waals surface area contributed by atoms with Crippen LogP contribution in [0.1, 0.15) is 24.0 Å². The van der Waals surface area contributed by atoms with E-state index in [4.69, 9.17) is 6.42 Å². The number of hydrogen-bond donors (Lipinski definition) is 1. The summed E-state index contributed by atoms with van der Waals surface area (Å²) in [5.74, 6) is 2.63. The highest BCUT2D eigenvalue weighted by Crippen LogP contribution is 2.03. The van der Waals surface area contributed by atoms with Gasteiger partial charge in [0.25, 0.3) is 0 Å². The van der Waals surface area contributed by atoms with Crippen molar-refractivity contribution in [3.05, 3.63) is 29.6 Å². The Kier molecular flexibility index (Phi) is 4.74. The average molecular weight is 188 g/mol. The molecule has 1 aromatic rings. The van der Waals surface area contributed by atoms with Crippen molar-refractivity contribution in [3.63, 3.8) is 0 Å². The molecule has 0 radical (unpaired) electrons. The molecule has 2 heteroatoms. The number of hydrogen-bond acceptors (Lipinski definition) is 2. The summed E-state index contributed by atoms with van der Waals surface area (Å²) in [6, 6.07) is 2.03. The summed E-state index contributed by atoms with van der Waals surface area (Å²) in [5.41, 5.74) is 2.54. The molecule has 74 valence electrons. The third-order valence-corrected chi connectivity index (χ3v) is 2.14. The van der Waals surface area contributed by atoms with Crippen molar-refractivity contribution in [2.75, 3.05) is 6.54 Å². The molecule has 0 amide bonds. The van der Waals surface area contributed by atoms with Gasteiger partial charge in [-0.2, -0.15) is 0 Å². The lowest BCUT2D eigenvalue weighted by Crippen LogP contribution is -2.15. The highest BCUT2D eigenvalue weighted by molar-refractivity contribution is 5.20. The molecular formula is C12H16N2. The zero-order chi connectivity index (χ0) is 10.2. The maximum atomic E-state index is 5.16. The minimum atomic E-state index is 0.846. The van der Waals surface area contributed by atoms with E-state index in [1.54, 1.807) is 0 Å². The largest absolute Gasteiger partial charge is 0.313 e. The summed E-state index contributed by atoms with van der Waals surface area (Å²) >= 11 is 0. The molecule has 1 N–H and O–H groups in total. The third kappa shape index (κ3) is 3.59. The number of nitrogens with zero attached hydrogens (tertiary/aromatic N) is 1. The van der Waals surface area contributed by atoms with Crippen LogP contribution in [0.25, 0.3) is 0 Å². The van der Waals surface area contributed by atoms with Crippen molar-refractivity contribution in [2.24, 2.45) is 0 Å². The predicted molar refractivity (Wildman–Crippen MR) is 58.7 cm³/mol. The van der Waals surface area contributed by atoms with Gasteiger partial charge >= 0.3 is 0 Å². The average Bonchev–Trinajstić information content (AvgIpc) is 2.20. The van der Waals surface area contributed by atoms with E-state index in [0.717, 1.165) is 25.9 Å². The lowest BCUT2D eigenvalue weighted by Gasteiger charge is -2.05. The molecule has 0 saturated carbocycles. The van der Waals surface area contributed by atoms with Gasteiger partial charge in [-0.1, -0.05) is 0 Å². The molecule has 1 heterocycles. The van der Waals surface area contributed by atoms with Crippen LogP contribution < -0.4 is 5.32 Å². The summed E-state index contributed by atoms with van der Waals surface area (Å²) in [7, 11) is 0. The number of aryl methyl sites for hydroxylation is 1. The van der Waals surface area contributed by atoms with E-state index in [1.165, 1.54) is 11.1 Å². The summed E-state index contributed by atoms with van der Waals surface area (Å²) in [5, 5.41) is 3.34. The minimum absolute atomic E-state index is 0.846. The van der Waals surface area contributed by atoms with Gasteiger partial charge in [0.1, 0.15) is 0 Å². The maximum absolute atomic E-state index is 5.16. The molecule has 14 heavy (non-hydrogen) atoms. The molecule has 0 aliphatic carbocycles. The van der Waals surface area contributed by atoms with Gasteiger partial charge < -0.3 is 5.32 Å². The summed E-state index contributed by atoms with van der Waals surface area (Å²) < 4.78 is 0. The van der Waals surface area contributed by atoms with Gasteiger partial charge in [-0.25, -0.2) is 0 Å². The number of rotatable bonds is 5. The van der Waals surface area contributed by atoms with E-state index in [-0.39, 0.29) is 0 Å². The van der Waals surface area contributed by atoms with Crippen molar-refractivity contribution in [2.45, 2.75) is 26.3 Å². The highest BCUT2D eigenvalue weighted by Gasteiger charge is 1.95. The summed E-state index contributed by atoms with van der Waals surface area (Å²) in [6.07, 6.45) is 10.8. The first-order valence-electron chi connectivity index (χ1n) is 4.88. The van der Waals surface area contributed by atoms with Gasteiger partial charge in [-0.15, -0.1) is 12.3 Å². The topological polar surface area (TPSA) is 24.9 Å². The molecule has 0 aliphatic heterocycles. The van der Waals surface area contributed by atoms with Gasteiger partial charge in [0, 0.05) is 25.4 Å². The van der Waals surface area contributed by atoms with Crippen LogP contribution in [0.15, 0.2) is 18.5 Å². The zero-order valence-electron chi connectivity index (χ0n) is 8.59. The zero-order valence-corrected chi connectivity index (χ0v) is 8.59. The lowest BCUT2D eigenvalue weighted by molar-refractivity contribution is 0.656.